The van der Waals surface area contributed by atoms with Crippen LogP contribution in [0.25, 0.3) is 11.3 Å². The van der Waals surface area contributed by atoms with Crippen molar-refractivity contribution in [2.45, 2.75) is 26.3 Å². The molecule has 0 fully saturated rings. The Morgan fingerprint density at radius 3 is 2.83 bits per heavy atom. The standard InChI is InChI=1S/C14H15N3O/c1-10(18)16-12-6-4-11(5-7-12)13-9-15-14-3-2-8-17(13)14/h4-7,9H,2-3,8H2,1H3,(H,16,18). The fraction of sp³-hybridized carbons (Fsp3) is 0.286. The van der Waals surface area contributed by atoms with Crippen LogP contribution in [0.2, 0.25) is 0 Å². The summed E-state index contributed by atoms with van der Waals surface area (Å²) < 4.78 is 2.27. The molecule has 0 atom stereocenters. The summed E-state index contributed by atoms with van der Waals surface area (Å²) in [6.07, 6.45) is 4.19. The molecule has 1 aromatic heterocycles. The Balaban J connectivity index is 1.90. The molecular weight excluding hydrogens is 226 g/mol. The molecule has 2 aromatic rings. The Labute approximate surface area is 106 Å². The predicted molar refractivity (Wildman–Crippen MR) is 70.3 cm³/mol. The lowest BCUT2D eigenvalue weighted by molar-refractivity contribution is -0.114. The number of amides is 1. The first kappa shape index (κ1) is 11.0. The second-order valence-electron chi connectivity index (χ2n) is 4.57. The van der Waals surface area contributed by atoms with Crippen molar-refractivity contribution in [3.8, 4) is 11.3 Å². The number of hydrogen-bond donors (Lipinski definition) is 1. The molecule has 4 nitrogen and oxygen atoms in total. The SMILES string of the molecule is CC(=O)Nc1ccc(-c2cnc3n2CCC3)cc1. The first-order chi connectivity index (χ1) is 8.74. The summed E-state index contributed by atoms with van der Waals surface area (Å²) >= 11 is 0. The molecule has 92 valence electrons. The van der Waals surface area contributed by atoms with Gasteiger partial charge in [-0.3, -0.25) is 4.79 Å². The van der Waals surface area contributed by atoms with Crippen LogP contribution >= 0.6 is 0 Å². The predicted octanol–water partition coefficient (Wildman–Crippen LogP) is 2.45. The third-order valence-electron chi connectivity index (χ3n) is 3.22. The van der Waals surface area contributed by atoms with Gasteiger partial charge in [0.15, 0.2) is 0 Å². The lowest BCUT2D eigenvalue weighted by Gasteiger charge is -2.06. The lowest BCUT2D eigenvalue weighted by Crippen LogP contribution is -2.05. The first-order valence-corrected chi connectivity index (χ1v) is 6.16. The molecule has 0 saturated heterocycles. The van der Waals surface area contributed by atoms with Crippen molar-refractivity contribution < 1.29 is 4.79 Å². The number of aryl methyl sites for hydroxylation is 1. The number of benzene rings is 1. The van der Waals surface area contributed by atoms with E-state index in [2.05, 4.69) is 14.9 Å². The Hall–Kier alpha value is -2.10. The number of anilines is 1. The average Bonchev–Trinajstić information content (AvgIpc) is 2.91. The van der Waals surface area contributed by atoms with Crippen LogP contribution in [0.3, 0.4) is 0 Å². The lowest BCUT2D eigenvalue weighted by atomic mass is 10.1. The topological polar surface area (TPSA) is 46.9 Å². The van der Waals surface area contributed by atoms with Crippen molar-refractivity contribution in [1.29, 1.82) is 0 Å². The van der Waals surface area contributed by atoms with Gasteiger partial charge in [0, 0.05) is 25.6 Å². The summed E-state index contributed by atoms with van der Waals surface area (Å²) in [5.74, 6) is 1.13. The molecule has 0 spiro atoms. The van der Waals surface area contributed by atoms with Gasteiger partial charge < -0.3 is 9.88 Å². The number of rotatable bonds is 2. The van der Waals surface area contributed by atoms with Gasteiger partial charge in [-0.15, -0.1) is 0 Å². The fourth-order valence-electron chi connectivity index (χ4n) is 2.42. The van der Waals surface area contributed by atoms with E-state index < -0.39 is 0 Å². The van der Waals surface area contributed by atoms with E-state index in [1.165, 1.54) is 19.2 Å². The van der Waals surface area contributed by atoms with E-state index in [0.717, 1.165) is 29.9 Å². The second-order valence-corrected chi connectivity index (χ2v) is 4.57. The Bertz CT molecular complexity index is 584. The third kappa shape index (κ3) is 1.90. The summed E-state index contributed by atoms with van der Waals surface area (Å²) in [6.45, 7) is 2.57. The van der Waals surface area contributed by atoms with E-state index in [-0.39, 0.29) is 5.91 Å². The number of carbonyl (C=O) groups is 1. The van der Waals surface area contributed by atoms with E-state index >= 15 is 0 Å². The number of nitrogens with zero attached hydrogens (tertiary/aromatic N) is 2. The Morgan fingerprint density at radius 2 is 2.11 bits per heavy atom. The minimum absolute atomic E-state index is 0.0482. The minimum atomic E-state index is -0.0482. The molecule has 18 heavy (non-hydrogen) atoms. The van der Waals surface area contributed by atoms with Crippen molar-refractivity contribution in [2.75, 3.05) is 5.32 Å². The van der Waals surface area contributed by atoms with Gasteiger partial charge in [0.1, 0.15) is 5.82 Å². The van der Waals surface area contributed by atoms with Crippen LogP contribution < -0.4 is 5.32 Å². The first-order valence-electron chi connectivity index (χ1n) is 6.16. The molecule has 0 unspecified atom stereocenters. The molecule has 3 rings (SSSR count). The van der Waals surface area contributed by atoms with Gasteiger partial charge in [0.2, 0.25) is 5.91 Å². The van der Waals surface area contributed by atoms with Crippen molar-refractivity contribution >= 4 is 11.6 Å². The summed E-state index contributed by atoms with van der Waals surface area (Å²) in [5, 5.41) is 2.77. The molecule has 0 saturated carbocycles. The Morgan fingerprint density at radius 1 is 1.33 bits per heavy atom. The van der Waals surface area contributed by atoms with Crippen LogP contribution in [0, 0.1) is 0 Å². The highest BCUT2D eigenvalue weighted by Gasteiger charge is 2.16. The molecule has 1 aromatic carbocycles. The smallest absolute Gasteiger partial charge is 0.221 e. The van der Waals surface area contributed by atoms with Gasteiger partial charge in [-0.25, -0.2) is 4.98 Å². The molecule has 1 amide bonds. The highest BCUT2D eigenvalue weighted by Crippen LogP contribution is 2.26. The minimum Gasteiger partial charge on any atom is -0.328 e. The maximum Gasteiger partial charge on any atom is 0.221 e. The summed E-state index contributed by atoms with van der Waals surface area (Å²) in [6, 6.07) is 7.89. The Kier molecular flexibility index (Phi) is 2.63. The normalized spacial score (nSPS) is 13.4. The van der Waals surface area contributed by atoms with Crippen molar-refractivity contribution in [3.63, 3.8) is 0 Å². The molecular formula is C14H15N3O. The van der Waals surface area contributed by atoms with Crippen LogP contribution in [0.1, 0.15) is 19.2 Å². The van der Waals surface area contributed by atoms with Gasteiger partial charge in [-0.2, -0.15) is 0 Å². The molecule has 0 radical (unpaired) electrons. The quantitative estimate of drug-likeness (QED) is 0.877. The number of hydrogen-bond acceptors (Lipinski definition) is 2. The summed E-state index contributed by atoms with van der Waals surface area (Å²) in [7, 11) is 0. The maximum absolute atomic E-state index is 11.0. The van der Waals surface area contributed by atoms with Crippen molar-refractivity contribution in [3.05, 3.63) is 36.3 Å². The van der Waals surface area contributed by atoms with Gasteiger partial charge >= 0.3 is 0 Å². The van der Waals surface area contributed by atoms with E-state index in [1.807, 2.05) is 30.5 Å². The van der Waals surface area contributed by atoms with Crippen molar-refractivity contribution in [2.24, 2.45) is 0 Å². The molecule has 4 heteroatoms. The van der Waals surface area contributed by atoms with Crippen LogP contribution in [0.5, 0.6) is 0 Å². The molecule has 0 bridgehead atoms. The van der Waals surface area contributed by atoms with E-state index in [1.54, 1.807) is 0 Å². The number of aromatic nitrogens is 2. The molecule has 1 N–H and O–H groups in total. The van der Waals surface area contributed by atoms with Crippen LogP contribution in [0.4, 0.5) is 5.69 Å². The molecule has 1 aliphatic rings. The highest BCUT2D eigenvalue weighted by atomic mass is 16.1. The van der Waals surface area contributed by atoms with E-state index in [9.17, 15) is 4.79 Å². The third-order valence-corrected chi connectivity index (χ3v) is 3.22. The van der Waals surface area contributed by atoms with Gasteiger partial charge in [-0.05, 0) is 24.1 Å². The average molecular weight is 241 g/mol. The zero-order valence-corrected chi connectivity index (χ0v) is 10.3. The zero-order chi connectivity index (χ0) is 12.5. The van der Waals surface area contributed by atoms with Crippen LogP contribution in [-0.2, 0) is 17.8 Å². The van der Waals surface area contributed by atoms with E-state index in [0.29, 0.717) is 0 Å². The van der Waals surface area contributed by atoms with Crippen LogP contribution in [-0.4, -0.2) is 15.5 Å². The number of carbonyl (C=O) groups excluding carboxylic acids is 1. The molecule has 0 aliphatic carbocycles. The summed E-state index contributed by atoms with van der Waals surface area (Å²) in [5.41, 5.74) is 3.13. The number of nitrogens with one attached hydrogen (secondary N) is 1. The van der Waals surface area contributed by atoms with Crippen molar-refractivity contribution in [1.82, 2.24) is 9.55 Å². The summed E-state index contributed by atoms with van der Waals surface area (Å²) in [4.78, 5) is 15.4. The number of fused-ring (bicyclic) bond motifs is 1. The number of imidazole rings is 1. The molecule has 1 aliphatic heterocycles. The monoisotopic (exact) mass is 241 g/mol. The van der Waals surface area contributed by atoms with Gasteiger partial charge in [-0.1, -0.05) is 12.1 Å². The van der Waals surface area contributed by atoms with Crippen LogP contribution in [0.15, 0.2) is 30.5 Å². The zero-order valence-electron chi connectivity index (χ0n) is 10.3. The maximum atomic E-state index is 11.0. The highest BCUT2D eigenvalue weighted by molar-refractivity contribution is 5.88. The molecule has 2 heterocycles. The largest absolute Gasteiger partial charge is 0.328 e. The van der Waals surface area contributed by atoms with E-state index in [4.69, 9.17) is 0 Å². The van der Waals surface area contributed by atoms with Gasteiger partial charge in [0.05, 0.1) is 11.9 Å². The second kappa shape index (κ2) is 4.29. The fourth-order valence-corrected chi connectivity index (χ4v) is 2.42. The van der Waals surface area contributed by atoms with Gasteiger partial charge in [0.25, 0.3) is 0 Å².